The topological polar surface area (TPSA) is 12.5 Å². The lowest BCUT2D eigenvalue weighted by Gasteiger charge is -2.38. The van der Waals surface area contributed by atoms with Gasteiger partial charge in [-0.1, -0.05) is 27.2 Å². The van der Waals surface area contributed by atoms with E-state index in [0.29, 0.717) is 0 Å². The van der Waals surface area contributed by atoms with Gasteiger partial charge in [-0.15, -0.1) is 0 Å². The summed E-state index contributed by atoms with van der Waals surface area (Å²) in [5, 5.41) is 0. The summed E-state index contributed by atoms with van der Waals surface area (Å²) in [6.45, 7) is 10.8. The summed E-state index contributed by atoms with van der Waals surface area (Å²) in [4.78, 5) is 2.44. The van der Waals surface area contributed by atoms with E-state index >= 15 is 0 Å². The lowest BCUT2D eigenvalue weighted by Crippen LogP contribution is -2.47. The average Bonchev–Trinajstić information content (AvgIpc) is 2.06. The second-order valence-corrected chi connectivity index (χ2v) is 3.03. The quantitative estimate of drug-likeness (QED) is 0.644. The summed E-state index contributed by atoms with van der Waals surface area (Å²) in [6.07, 6.45) is 1.34. The summed E-state index contributed by atoms with van der Waals surface area (Å²) in [6, 6.07) is 0. The van der Waals surface area contributed by atoms with Crippen LogP contribution in [0.15, 0.2) is 0 Å². The summed E-state index contributed by atoms with van der Waals surface area (Å²) in [5.74, 6) is 0.969. The Morgan fingerprint density at radius 2 is 1.92 bits per heavy atom. The van der Waals surface area contributed by atoms with Crippen LogP contribution in [0.5, 0.6) is 0 Å². The molecule has 0 spiro atoms. The molecule has 2 heteroatoms. The average molecular weight is 173 g/mol. The first-order valence-corrected chi connectivity index (χ1v) is 5.08. The number of nitrogens with zero attached hydrogens (tertiary/aromatic N) is 1. The van der Waals surface area contributed by atoms with Gasteiger partial charge < -0.3 is 9.64 Å². The maximum Gasteiger partial charge on any atom is 0.0589 e. The SMILES string of the molecule is CC.CCC1CN(CCOC)C1. The van der Waals surface area contributed by atoms with Crippen LogP contribution in [0.4, 0.5) is 0 Å². The van der Waals surface area contributed by atoms with E-state index in [2.05, 4.69) is 11.8 Å². The van der Waals surface area contributed by atoms with Crippen LogP contribution in [0.2, 0.25) is 0 Å². The predicted octanol–water partition coefficient (Wildman–Crippen LogP) is 2.00. The Bertz CT molecular complexity index is 87.1. The first-order valence-electron chi connectivity index (χ1n) is 5.08. The van der Waals surface area contributed by atoms with Crippen molar-refractivity contribution >= 4 is 0 Å². The number of rotatable bonds is 4. The van der Waals surface area contributed by atoms with Crippen molar-refractivity contribution in [2.24, 2.45) is 5.92 Å². The van der Waals surface area contributed by atoms with Crippen molar-refractivity contribution in [1.29, 1.82) is 0 Å². The first-order chi connectivity index (χ1) is 5.86. The zero-order valence-electron chi connectivity index (χ0n) is 8.97. The molecule has 0 aromatic carbocycles. The minimum atomic E-state index is 0.885. The number of likely N-dealkylation sites (tertiary alicyclic amines) is 1. The molecule has 0 saturated carbocycles. The molecule has 0 N–H and O–H groups in total. The normalized spacial score (nSPS) is 18.0. The van der Waals surface area contributed by atoms with Gasteiger partial charge in [0.2, 0.25) is 0 Å². The zero-order chi connectivity index (χ0) is 9.40. The van der Waals surface area contributed by atoms with Crippen LogP contribution >= 0.6 is 0 Å². The lowest BCUT2D eigenvalue weighted by atomic mass is 9.98. The Balaban J connectivity index is 0.000000561. The fraction of sp³-hybridized carbons (Fsp3) is 1.00. The Hall–Kier alpha value is -0.0800. The largest absolute Gasteiger partial charge is 0.383 e. The van der Waals surface area contributed by atoms with E-state index < -0.39 is 0 Å². The molecule has 1 fully saturated rings. The fourth-order valence-electron chi connectivity index (χ4n) is 1.34. The van der Waals surface area contributed by atoms with Crippen LogP contribution in [-0.4, -0.2) is 38.3 Å². The van der Waals surface area contributed by atoms with Crippen molar-refractivity contribution in [3.63, 3.8) is 0 Å². The van der Waals surface area contributed by atoms with Crippen LogP contribution in [0.1, 0.15) is 27.2 Å². The maximum atomic E-state index is 4.98. The van der Waals surface area contributed by atoms with Crippen molar-refractivity contribution in [2.45, 2.75) is 27.2 Å². The Kier molecular flexibility index (Phi) is 7.51. The molecule has 1 saturated heterocycles. The molecule has 0 bridgehead atoms. The second kappa shape index (κ2) is 7.56. The molecule has 0 unspecified atom stereocenters. The number of hydrogen-bond acceptors (Lipinski definition) is 2. The van der Waals surface area contributed by atoms with Crippen molar-refractivity contribution in [3.05, 3.63) is 0 Å². The van der Waals surface area contributed by atoms with Gasteiger partial charge in [0.25, 0.3) is 0 Å². The smallest absolute Gasteiger partial charge is 0.0589 e. The maximum absolute atomic E-state index is 4.98. The highest BCUT2D eigenvalue weighted by atomic mass is 16.5. The molecule has 1 aliphatic rings. The van der Waals surface area contributed by atoms with E-state index in [1.165, 1.54) is 19.5 Å². The van der Waals surface area contributed by atoms with Crippen LogP contribution in [0.25, 0.3) is 0 Å². The van der Waals surface area contributed by atoms with Crippen molar-refractivity contribution in [2.75, 3.05) is 33.4 Å². The highest BCUT2D eigenvalue weighted by molar-refractivity contribution is 4.77. The number of ether oxygens (including phenoxy) is 1. The lowest BCUT2D eigenvalue weighted by molar-refractivity contribution is 0.0630. The molecular weight excluding hydrogens is 150 g/mol. The molecule has 1 rings (SSSR count). The second-order valence-electron chi connectivity index (χ2n) is 3.03. The molecule has 74 valence electrons. The molecule has 12 heavy (non-hydrogen) atoms. The molecule has 0 aliphatic carbocycles. The Morgan fingerprint density at radius 3 is 2.33 bits per heavy atom. The Morgan fingerprint density at radius 1 is 1.33 bits per heavy atom. The molecule has 2 nitrogen and oxygen atoms in total. The third-order valence-corrected chi connectivity index (χ3v) is 2.22. The van der Waals surface area contributed by atoms with Gasteiger partial charge in [0.05, 0.1) is 6.61 Å². The molecule has 0 aromatic rings. The Labute approximate surface area is 76.9 Å². The molecule has 1 aliphatic heterocycles. The van der Waals surface area contributed by atoms with Crippen LogP contribution in [0, 0.1) is 5.92 Å². The third-order valence-electron chi connectivity index (χ3n) is 2.22. The van der Waals surface area contributed by atoms with Gasteiger partial charge in [-0.3, -0.25) is 0 Å². The van der Waals surface area contributed by atoms with E-state index in [1.54, 1.807) is 7.11 Å². The van der Waals surface area contributed by atoms with E-state index in [4.69, 9.17) is 4.74 Å². The molecule has 0 radical (unpaired) electrons. The van der Waals surface area contributed by atoms with Gasteiger partial charge >= 0.3 is 0 Å². The number of methoxy groups -OCH3 is 1. The van der Waals surface area contributed by atoms with Crippen molar-refractivity contribution in [1.82, 2.24) is 4.90 Å². The first kappa shape index (κ1) is 11.9. The minimum absolute atomic E-state index is 0.885. The van der Waals surface area contributed by atoms with Crippen LogP contribution < -0.4 is 0 Å². The zero-order valence-corrected chi connectivity index (χ0v) is 8.97. The predicted molar refractivity (Wildman–Crippen MR) is 53.4 cm³/mol. The number of hydrogen-bond donors (Lipinski definition) is 0. The van der Waals surface area contributed by atoms with E-state index in [9.17, 15) is 0 Å². The van der Waals surface area contributed by atoms with Crippen molar-refractivity contribution in [3.8, 4) is 0 Å². The highest BCUT2D eigenvalue weighted by Crippen LogP contribution is 2.17. The fourth-order valence-corrected chi connectivity index (χ4v) is 1.34. The standard InChI is InChI=1S/C8H17NO.C2H6/c1-3-8-6-9(7-8)4-5-10-2;1-2/h8H,3-7H2,1-2H3;1-2H3. The van der Waals surface area contributed by atoms with E-state index in [0.717, 1.165) is 19.1 Å². The molecule has 0 aromatic heterocycles. The van der Waals surface area contributed by atoms with Crippen molar-refractivity contribution < 1.29 is 4.74 Å². The van der Waals surface area contributed by atoms with Gasteiger partial charge in [-0.25, -0.2) is 0 Å². The molecule has 0 atom stereocenters. The van der Waals surface area contributed by atoms with E-state index in [1.807, 2.05) is 13.8 Å². The van der Waals surface area contributed by atoms with Gasteiger partial charge in [-0.2, -0.15) is 0 Å². The molecule has 1 heterocycles. The van der Waals surface area contributed by atoms with Crippen LogP contribution in [-0.2, 0) is 4.74 Å². The van der Waals surface area contributed by atoms with Gasteiger partial charge in [-0.05, 0) is 5.92 Å². The summed E-state index contributed by atoms with van der Waals surface area (Å²) in [7, 11) is 1.76. The minimum Gasteiger partial charge on any atom is -0.383 e. The molecular formula is C10H23NO. The third kappa shape index (κ3) is 4.07. The van der Waals surface area contributed by atoms with Gasteiger partial charge in [0.15, 0.2) is 0 Å². The van der Waals surface area contributed by atoms with E-state index in [-0.39, 0.29) is 0 Å². The summed E-state index contributed by atoms with van der Waals surface area (Å²) >= 11 is 0. The van der Waals surface area contributed by atoms with Gasteiger partial charge in [0.1, 0.15) is 0 Å². The highest BCUT2D eigenvalue weighted by Gasteiger charge is 2.23. The monoisotopic (exact) mass is 173 g/mol. The van der Waals surface area contributed by atoms with Crippen LogP contribution in [0.3, 0.4) is 0 Å². The summed E-state index contributed by atoms with van der Waals surface area (Å²) in [5.41, 5.74) is 0. The molecule has 0 amide bonds. The summed E-state index contributed by atoms with van der Waals surface area (Å²) < 4.78 is 4.98. The van der Waals surface area contributed by atoms with Gasteiger partial charge in [0, 0.05) is 26.7 Å².